The van der Waals surface area contributed by atoms with Crippen LogP contribution in [0.5, 0.6) is 5.75 Å². The van der Waals surface area contributed by atoms with E-state index in [2.05, 4.69) is 10.3 Å². The van der Waals surface area contributed by atoms with Crippen molar-refractivity contribution < 1.29 is 17.9 Å². The smallest absolute Gasteiger partial charge is 0.416 e. The lowest BCUT2D eigenvalue weighted by Gasteiger charge is -2.12. The number of nitrogens with one attached hydrogen (secondary N) is 1. The number of nitrogens with zero attached hydrogens (tertiary/aromatic N) is 1. The predicted octanol–water partition coefficient (Wildman–Crippen LogP) is 4.21. The summed E-state index contributed by atoms with van der Waals surface area (Å²) in [6.07, 6.45) is -4.42. The van der Waals surface area contributed by atoms with Crippen molar-refractivity contribution in [3.8, 4) is 17.0 Å². The van der Waals surface area contributed by atoms with Gasteiger partial charge < -0.3 is 10.1 Å². The molecule has 1 aromatic heterocycles. The highest BCUT2D eigenvalue weighted by atomic mass is 19.4. The second-order valence-electron chi connectivity index (χ2n) is 4.39. The number of ether oxygens (including phenoxy) is 1. The minimum absolute atomic E-state index is 0.199. The van der Waals surface area contributed by atoms with Crippen molar-refractivity contribution in [2.45, 2.75) is 13.1 Å². The molecule has 0 fully saturated rings. The Balaban J connectivity index is 2.53. The van der Waals surface area contributed by atoms with Crippen LogP contribution in [0.25, 0.3) is 11.3 Å². The van der Waals surface area contributed by atoms with E-state index in [4.69, 9.17) is 4.74 Å². The van der Waals surface area contributed by atoms with E-state index >= 15 is 0 Å². The first-order chi connectivity index (χ1) is 9.94. The van der Waals surface area contributed by atoms with Gasteiger partial charge in [0, 0.05) is 12.1 Å². The monoisotopic (exact) mass is 296 g/mol. The Bertz CT molecular complexity index is 627. The van der Waals surface area contributed by atoms with Crippen molar-refractivity contribution in [1.29, 1.82) is 0 Å². The first kappa shape index (κ1) is 15.2. The first-order valence-corrected chi connectivity index (χ1v) is 6.41. The molecule has 3 nitrogen and oxygen atoms in total. The van der Waals surface area contributed by atoms with Crippen molar-refractivity contribution in [3.05, 3.63) is 42.0 Å². The van der Waals surface area contributed by atoms with Gasteiger partial charge in [0.05, 0.1) is 18.4 Å². The summed E-state index contributed by atoms with van der Waals surface area (Å²) in [4.78, 5) is 4.22. The van der Waals surface area contributed by atoms with Crippen LogP contribution < -0.4 is 10.1 Å². The van der Waals surface area contributed by atoms with Crippen LogP contribution >= 0.6 is 0 Å². The maximum absolute atomic E-state index is 13.0. The van der Waals surface area contributed by atoms with Crippen LogP contribution in [-0.2, 0) is 6.18 Å². The number of rotatable bonds is 4. The van der Waals surface area contributed by atoms with E-state index in [1.807, 2.05) is 0 Å². The zero-order chi connectivity index (χ0) is 15.5. The van der Waals surface area contributed by atoms with E-state index in [1.54, 1.807) is 31.2 Å². The average molecular weight is 296 g/mol. The summed E-state index contributed by atoms with van der Waals surface area (Å²) in [6.45, 7) is 2.29. The number of halogens is 3. The lowest BCUT2D eigenvalue weighted by molar-refractivity contribution is -0.137. The van der Waals surface area contributed by atoms with Gasteiger partial charge in [-0.3, -0.25) is 0 Å². The van der Waals surface area contributed by atoms with Crippen molar-refractivity contribution >= 4 is 5.82 Å². The Morgan fingerprint density at radius 2 is 1.95 bits per heavy atom. The number of benzene rings is 1. The highest BCUT2D eigenvalue weighted by Crippen LogP contribution is 2.33. The summed E-state index contributed by atoms with van der Waals surface area (Å²) in [7, 11) is 1.50. The summed E-state index contributed by atoms with van der Waals surface area (Å²) >= 11 is 0. The summed E-state index contributed by atoms with van der Waals surface area (Å²) in [5.41, 5.74) is 0.0885. The molecule has 0 aliphatic carbocycles. The number of methoxy groups -OCH3 is 1. The molecule has 0 unspecified atom stereocenters. The Morgan fingerprint density at radius 1 is 1.19 bits per heavy atom. The van der Waals surface area contributed by atoms with Crippen LogP contribution in [0.4, 0.5) is 19.0 Å². The van der Waals surface area contributed by atoms with E-state index in [0.29, 0.717) is 17.9 Å². The molecular formula is C15H15F3N2O. The third kappa shape index (κ3) is 3.65. The van der Waals surface area contributed by atoms with Gasteiger partial charge >= 0.3 is 6.18 Å². The molecule has 0 bridgehead atoms. The molecule has 1 aromatic carbocycles. The molecule has 2 aromatic rings. The van der Waals surface area contributed by atoms with Crippen LogP contribution in [0, 0.1) is 0 Å². The fourth-order valence-corrected chi connectivity index (χ4v) is 1.90. The van der Waals surface area contributed by atoms with Gasteiger partial charge in [0.1, 0.15) is 11.6 Å². The Kier molecular flexibility index (Phi) is 4.35. The number of pyridine rings is 1. The van der Waals surface area contributed by atoms with Crippen LogP contribution in [0.2, 0.25) is 0 Å². The zero-order valence-electron chi connectivity index (χ0n) is 11.7. The van der Waals surface area contributed by atoms with Gasteiger partial charge in [-0.2, -0.15) is 13.2 Å². The molecule has 0 saturated carbocycles. The number of hydrogen-bond acceptors (Lipinski definition) is 3. The molecule has 112 valence electrons. The highest BCUT2D eigenvalue weighted by molar-refractivity contribution is 5.64. The quantitative estimate of drug-likeness (QED) is 0.917. The third-order valence-electron chi connectivity index (χ3n) is 2.88. The minimum atomic E-state index is -4.42. The molecule has 0 aliphatic heterocycles. The van der Waals surface area contributed by atoms with Gasteiger partial charge in [-0.1, -0.05) is 12.1 Å². The molecule has 0 aliphatic rings. The highest BCUT2D eigenvalue weighted by Gasteiger charge is 2.31. The van der Waals surface area contributed by atoms with Gasteiger partial charge in [0.25, 0.3) is 0 Å². The van der Waals surface area contributed by atoms with E-state index in [9.17, 15) is 13.2 Å². The van der Waals surface area contributed by atoms with Gasteiger partial charge in [-0.25, -0.2) is 4.98 Å². The normalized spacial score (nSPS) is 11.3. The molecule has 0 saturated heterocycles. The predicted molar refractivity (Wildman–Crippen MR) is 75.4 cm³/mol. The lowest BCUT2D eigenvalue weighted by Crippen LogP contribution is -2.08. The van der Waals surface area contributed by atoms with Crippen LogP contribution in [0.3, 0.4) is 0 Å². The second-order valence-corrected chi connectivity index (χ2v) is 4.39. The second kappa shape index (κ2) is 6.03. The fourth-order valence-electron chi connectivity index (χ4n) is 1.90. The maximum Gasteiger partial charge on any atom is 0.416 e. The van der Waals surface area contributed by atoms with Gasteiger partial charge in [0.2, 0.25) is 0 Å². The average Bonchev–Trinajstić information content (AvgIpc) is 2.46. The lowest BCUT2D eigenvalue weighted by atomic mass is 10.1. The SMILES string of the molecule is CCNc1cc(C(F)(F)F)cc(-c2cccc(OC)c2)n1. The summed E-state index contributed by atoms with van der Waals surface area (Å²) in [5.74, 6) is 0.766. The third-order valence-corrected chi connectivity index (χ3v) is 2.88. The Morgan fingerprint density at radius 3 is 2.57 bits per heavy atom. The summed E-state index contributed by atoms with van der Waals surface area (Å²) in [5, 5.41) is 2.82. The summed E-state index contributed by atoms with van der Waals surface area (Å²) in [6, 6.07) is 8.83. The fraction of sp³-hybridized carbons (Fsp3) is 0.267. The van der Waals surface area contributed by atoms with E-state index in [-0.39, 0.29) is 11.5 Å². The molecule has 2 rings (SSSR count). The Labute approximate surface area is 120 Å². The van der Waals surface area contributed by atoms with Crippen LogP contribution in [0.1, 0.15) is 12.5 Å². The number of hydrogen-bond donors (Lipinski definition) is 1. The zero-order valence-corrected chi connectivity index (χ0v) is 11.7. The van der Waals surface area contributed by atoms with Gasteiger partial charge in [0.15, 0.2) is 0 Å². The first-order valence-electron chi connectivity index (χ1n) is 6.41. The van der Waals surface area contributed by atoms with Crippen molar-refractivity contribution in [1.82, 2.24) is 4.98 Å². The maximum atomic E-state index is 13.0. The van der Waals surface area contributed by atoms with E-state index in [1.165, 1.54) is 7.11 Å². The summed E-state index contributed by atoms with van der Waals surface area (Å²) < 4.78 is 44.0. The molecule has 0 amide bonds. The number of alkyl halides is 3. The van der Waals surface area contributed by atoms with Crippen molar-refractivity contribution in [2.24, 2.45) is 0 Å². The molecule has 0 spiro atoms. The molecule has 21 heavy (non-hydrogen) atoms. The van der Waals surface area contributed by atoms with Gasteiger partial charge in [-0.15, -0.1) is 0 Å². The number of anilines is 1. The topological polar surface area (TPSA) is 34.1 Å². The van der Waals surface area contributed by atoms with Gasteiger partial charge in [-0.05, 0) is 31.2 Å². The molecule has 1 N–H and O–H groups in total. The Hall–Kier alpha value is -2.24. The van der Waals surface area contributed by atoms with Crippen LogP contribution in [0.15, 0.2) is 36.4 Å². The van der Waals surface area contributed by atoms with E-state index in [0.717, 1.165) is 12.1 Å². The minimum Gasteiger partial charge on any atom is -0.497 e. The number of aromatic nitrogens is 1. The van der Waals surface area contributed by atoms with E-state index < -0.39 is 11.7 Å². The standard InChI is InChI=1S/C15H15F3N2O/c1-3-19-14-9-11(15(16,17)18)8-13(20-14)10-5-4-6-12(7-10)21-2/h4-9H,3H2,1-2H3,(H,19,20). The molecule has 0 atom stereocenters. The largest absolute Gasteiger partial charge is 0.497 e. The molecule has 0 radical (unpaired) electrons. The molecule has 6 heteroatoms. The van der Waals surface area contributed by atoms with Crippen LogP contribution in [-0.4, -0.2) is 18.6 Å². The molecular weight excluding hydrogens is 281 g/mol. The molecule has 1 heterocycles. The van der Waals surface area contributed by atoms with Crippen molar-refractivity contribution in [3.63, 3.8) is 0 Å². The van der Waals surface area contributed by atoms with Crippen molar-refractivity contribution in [2.75, 3.05) is 19.0 Å².